The molecule has 1 fully saturated rings. The van der Waals surface area contributed by atoms with E-state index in [0.29, 0.717) is 25.0 Å². The van der Waals surface area contributed by atoms with Gasteiger partial charge in [-0.15, -0.1) is 0 Å². The zero-order valence-corrected chi connectivity index (χ0v) is 8.41. The van der Waals surface area contributed by atoms with Crippen molar-refractivity contribution in [3.05, 3.63) is 24.2 Å². The molecule has 1 saturated carbocycles. The third-order valence-corrected chi connectivity index (χ3v) is 3.10. The van der Waals surface area contributed by atoms with Crippen molar-refractivity contribution in [3.63, 3.8) is 0 Å². The lowest BCUT2D eigenvalue weighted by Crippen LogP contribution is -2.35. The van der Waals surface area contributed by atoms with Crippen LogP contribution < -0.4 is 0 Å². The lowest BCUT2D eigenvalue weighted by Gasteiger charge is -2.32. The van der Waals surface area contributed by atoms with Gasteiger partial charge >= 0.3 is 0 Å². The van der Waals surface area contributed by atoms with Crippen molar-refractivity contribution in [2.45, 2.75) is 37.6 Å². The Balaban J connectivity index is 2.00. The van der Waals surface area contributed by atoms with Crippen molar-refractivity contribution in [2.75, 3.05) is 0 Å². The standard InChI is InChI=1S/C11H16O4/c12-8-4-3-7(6-9(8)13)11(14)10-2-1-5-15-10/h1-2,5,7-9,11-14H,3-4,6H2/t7-,8+,9+,11-/m0/s1. The molecule has 0 bridgehead atoms. The second-order valence-corrected chi connectivity index (χ2v) is 4.17. The number of hydrogen-bond donors (Lipinski definition) is 3. The molecule has 0 amide bonds. The van der Waals surface area contributed by atoms with Crippen molar-refractivity contribution < 1.29 is 19.7 Å². The smallest absolute Gasteiger partial charge is 0.132 e. The highest BCUT2D eigenvalue weighted by molar-refractivity contribution is 5.04. The summed E-state index contributed by atoms with van der Waals surface area (Å²) in [6.07, 6.45) is 1.12. The highest BCUT2D eigenvalue weighted by Gasteiger charge is 2.33. The first-order valence-corrected chi connectivity index (χ1v) is 5.26. The summed E-state index contributed by atoms with van der Waals surface area (Å²) >= 11 is 0. The number of aliphatic hydroxyl groups is 3. The molecule has 1 heterocycles. The van der Waals surface area contributed by atoms with Crippen LogP contribution in [0.2, 0.25) is 0 Å². The lowest BCUT2D eigenvalue weighted by atomic mass is 9.81. The van der Waals surface area contributed by atoms with Gasteiger partial charge in [-0.2, -0.15) is 0 Å². The first-order valence-electron chi connectivity index (χ1n) is 5.26. The summed E-state index contributed by atoms with van der Waals surface area (Å²) in [6, 6.07) is 3.45. The average molecular weight is 212 g/mol. The Kier molecular flexibility index (Phi) is 3.09. The van der Waals surface area contributed by atoms with Crippen molar-refractivity contribution >= 4 is 0 Å². The van der Waals surface area contributed by atoms with E-state index in [1.54, 1.807) is 12.1 Å². The summed E-state index contributed by atoms with van der Waals surface area (Å²) < 4.78 is 5.12. The van der Waals surface area contributed by atoms with E-state index >= 15 is 0 Å². The second-order valence-electron chi connectivity index (χ2n) is 4.17. The van der Waals surface area contributed by atoms with Gasteiger partial charge in [0.1, 0.15) is 11.9 Å². The number of rotatable bonds is 2. The fourth-order valence-corrected chi connectivity index (χ4v) is 2.14. The van der Waals surface area contributed by atoms with Crippen molar-refractivity contribution in [1.82, 2.24) is 0 Å². The van der Waals surface area contributed by atoms with Gasteiger partial charge in [0.15, 0.2) is 0 Å². The highest BCUT2D eigenvalue weighted by atomic mass is 16.4. The summed E-state index contributed by atoms with van der Waals surface area (Å²) in [5.74, 6) is 0.498. The van der Waals surface area contributed by atoms with Crippen LogP contribution in [0.25, 0.3) is 0 Å². The first-order chi connectivity index (χ1) is 7.18. The molecule has 1 aromatic heterocycles. The Morgan fingerprint density at radius 2 is 2.07 bits per heavy atom. The van der Waals surface area contributed by atoms with Gasteiger partial charge in [-0.1, -0.05) is 0 Å². The molecule has 0 spiro atoms. The molecule has 4 atom stereocenters. The normalized spacial score (nSPS) is 33.9. The number of aliphatic hydroxyl groups excluding tert-OH is 3. The van der Waals surface area contributed by atoms with Crippen LogP contribution in [-0.2, 0) is 0 Å². The molecule has 0 unspecified atom stereocenters. The first kappa shape index (κ1) is 10.7. The molecule has 0 aromatic carbocycles. The molecule has 2 rings (SSSR count). The van der Waals surface area contributed by atoms with Crippen molar-refractivity contribution in [2.24, 2.45) is 5.92 Å². The molecular formula is C11H16O4. The molecule has 0 saturated heterocycles. The predicted molar refractivity (Wildman–Crippen MR) is 53.0 cm³/mol. The lowest BCUT2D eigenvalue weighted by molar-refractivity contribution is -0.0536. The monoisotopic (exact) mass is 212 g/mol. The average Bonchev–Trinajstić information content (AvgIpc) is 2.74. The van der Waals surface area contributed by atoms with E-state index in [9.17, 15) is 15.3 Å². The van der Waals surface area contributed by atoms with E-state index in [1.165, 1.54) is 6.26 Å². The molecule has 0 aliphatic heterocycles. The maximum Gasteiger partial charge on any atom is 0.132 e. The SMILES string of the molecule is O[C@@H]1CC[C@H]([C@H](O)c2ccco2)C[C@H]1O. The van der Waals surface area contributed by atoms with Crippen LogP contribution in [0.3, 0.4) is 0 Å². The third-order valence-electron chi connectivity index (χ3n) is 3.10. The minimum absolute atomic E-state index is 0.0328. The Morgan fingerprint density at radius 3 is 2.67 bits per heavy atom. The summed E-state index contributed by atoms with van der Waals surface area (Å²) in [6.45, 7) is 0. The molecule has 4 heteroatoms. The molecule has 0 radical (unpaired) electrons. The Labute approximate surface area is 88.2 Å². The van der Waals surface area contributed by atoms with Gasteiger partial charge in [0.2, 0.25) is 0 Å². The second kappa shape index (κ2) is 4.35. The summed E-state index contributed by atoms with van der Waals surface area (Å²) in [4.78, 5) is 0. The van der Waals surface area contributed by atoms with Gasteiger partial charge in [-0.05, 0) is 37.3 Å². The Hall–Kier alpha value is -0.840. The minimum Gasteiger partial charge on any atom is -0.467 e. The van der Waals surface area contributed by atoms with E-state index in [0.717, 1.165) is 0 Å². The summed E-state index contributed by atoms with van der Waals surface area (Å²) in [5.41, 5.74) is 0. The van der Waals surface area contributed by atoms with Gasteiger partial charge in [0.05, 0.1) is 18.5 Å². The predicted octanol–water partition coefficient (Wildman–Crippen LogP) is 0.835. The van der Waals surface area contributed by atoms with Gasteiger partial charge in [0.25, 0.3) is 0 Å². The topological polar surface area (TPSA) is 73.8 Å². The molecule has 1 aliphatic carbocycles. The van der Waals surface area contributed by atoms with E-state index < -0.39 is 18.3 Å². The van der Waals surface area contributed by atoms with Crippen LogP contribution in [0.5, 0.6) is 0 Å². The van der Waals surface area contributed by atoms with Crippen LogP contribution >= 0.6 is 0 Å². The zero-order chi connectivity index (χ0) is 10.8. The Bertz CT molecular complexity index is 296. The van der Waals surface area contributed by atoms with E-state index in [1.807, 2.05) is 0 Å². The van der Waals surface area contributed by atoms with E-state index in [-0.39, 0.29) is 5.92 Å². The third kappa shape index (κ3) is 2.22. The molecule has 4 nitrogen and oxygen atoms in total. The number of hydrogen-bond acceptors (Lipinski definition) is 4. The molecule has 3 N–H and O–H groups in total. The Morgan fingerprint density at radius 1 is 1.27 bits per heavy atom. The molecule has 15 heavy (non-hydrogen) atoms. The van der Waals surface area contributed by atoms with Gasteiger partial charge in [-0.25, -0.2) is 0 Å². The van der Waals surface area contributed by atoms with Gasteiger partial charge < -0.3 is 19.7 Å². The number of furan rings is 1. The largest absolute Gasteiger partial charge is 0.467 e. The van der Waals surface area contributed by atoms with E-state index in [4.69, 9.17) is 4.42 Å². The zero-order valence-electron chi connectivity index (χ0n) is 8.41. The van der Waals surface area contributed by atoms with Crippen LogP contribution in [0.1, 0.15) is 31.1 Å². The molecule has 1 aliphatic rings. The van der Waals surface area contributed by atoms with Crippen molar-refractivity contribution in [3.8, 4) is 0 Å². The quantitative estimate of drug-likeness (QED) is 0.679. The molecule has 84 valence electrons. The maximum absolute atomic E-state index is 9.95. The summed E-state index contributed by atoms with van der Waals surface area (Å²) in [7, 11) is 0. The fraction of sp³-hybridized carbons (Fsp3) is 0.636. The van der Waals surface area contributed by atoms with Crippen LogP contribution in [0.4, 0.5) is 0 Å². The van der Waals surface area contributed by atoms with Crippen LogP contribution in [-0.4, -0.2) is 27.5 Å². The molecular weight excluding hydrogens is 196 g/mol. The maximum atomic E-state index is 9.95. The highest BCUT2D eigenvalue weighted by Crippen LogP contribution is 2.34. The molecule has 1 aromatic rings. The summed E-state index contributed by atoms with van der Waals surface area (Å²) in [5, 5.41) is 28.8. The van der Waals surface area contributed by atoms with Gasteiger partial charge in [0, 0.05) is 0 Å². The van der Waals surface area contributed by atoms with Crippen LogP contribution in [0.15, 0.2) is 22.8 Å². The van der Waals surface area contributed by atoms with Crippen molar-refractivity contribution in [1.29, 1.82) is 0 Å². The minimum atomic E-state index is -0.728. The fourth-order valence-electron chi connectivity index (χ4n) is 2.14. The van der Waals surface area contributed by atoms with Crippen LogP contribution in [0, 0.1) is 5.92 Å². The van der Waals surface area contributed by atoms with E-state index in [2.05, 4.69) is 0 Å². The van der Waals surface area contributed by atoms with Gasteiger partial charge in [-0.3, -0.25) is 0 Å².